The summed E-state index contributed by atoms with van der Waals surface area (Å²) < 4.78 is 11.2. The number of ether oxygens (including phenoxy) is 2. The number of amides is 1. The summed E-state index contributed by atoms with van der Waals surface area (Å²) in [5.74, 6) is 2.15. The number of nitrogens with zero attached hydrogens (tertiary/aromatic N) is 2. The van der Waals surface area contributed by atoms with Crippen LogP contribution in [0.5, 0.6) is 17.2 Å². The van der Waals surface area contributed by atoms with Gasteiger partial charge in [0.2, 0.25) is 0 Å². The second kappa shape index (κ2) is 7.99. The van der Waals surface area contributed by atoms with Crippen molar-refractivity contribution in [2.75, 3.05) is 26.3 Å². The molecular formula is C23H22N2O4S. The monoisotopic (exact) mass is 422 g/mol. The van der Waals surface area contributed by atoms with Crippen molar-refractivity contribution in [2.45, 2.75) is 18.8 Å². The molecule has 2 aromatic carbocycles. The molecule has 1 aromatic heterocycles. The van der Waals surface area contributed by atoms with E-state index in [-0.39, 0.29) is 11.7 Å². The third-order valence-corrected chi connectivity index (χ3v) is 6.55. The van der Waals surface area contributed by atoms with Crippen LogP contribution in [-0.4, -0.2) is 47.2 Å². The molecule has 7 heteroatoms. The minimum Gasteiger partial charge on any atom is -0.508 e. The zero-order valence-corrected chi connectivity index (χ0v) is 17.2. The fourth-order valence-electron chi connectivity index (χ4n) is 4.01. The Morgan fingerprint density at radius 1 is 1.03 bits per heavy atom. The van der Waals surface area contributed by atoms with Gasteiger partial charge in [0.1, 0.15) is 29.7 Å². The molecule has 1 fully saturated rings. The first-order valence-electron chi connectivity index (χ1n) is 10.1. The molecule has 6 nitrogen and oxygen atoms in total. The zero-order valence-electron chi connectivity index (χ0n) is 16.4. The number of carbonyl (C=O) groups excluding carboxylic acids is 1. The van der Waals surface area contributed by atoms with Crippen LogP contribution in [0.3, 0.4) is 0 Å². The van der Waals surface area contributed by atoms with Gasteiger partial charge in [-0.05, 0) is 54.7 Å². The van der Waals surface area contributed by atoms with Crippen LogP contribution in [0, 0.1) is 0 Å². The number of phenols is 1. The first-order valence-corrected chi connectivity index (χ1v) is 11.0. The number of benzene rings is 2. The lowest BCUT2D eigenvalue weighted by Crippen LogP contribution is -2.38. The van der Waals surface area contributed by atoms with Crippen molar-refractivity contribution >= 4 is 17.2 Å². The van der Waals surface area contributed by atoms with Crippen molar-refractivity contribution in [3.8, 4) is 27.8 Å². The van der Waals surface area contributed by atoms with Crippen LogP contribution in [0.25, 0.3) is 10.6 Å². The number of piperidine rings is 1. The number of hydrogen-bond acceptors (Lipinski definition) is 6. The summed E-state index contributed by atoms with van der Waals surface area (Å²) >= 11 is 1.47. The molecule has 1 amide bonds. The maximum atomic E-state index is 13.0. The highest BCUT2D eigenvalue weighted by Gasteiger charge is 2.26. The number of phenolic OH excluding ortho intramolecular Hbond substituents is 1. The van der Waals surface area contributed by atoms with Crippen molar-refractivity contribution in [3.05, 3.63) is 59.1 Å². The van der Waals surface area contributed by atoms with Gasteiger partial charge in [0.25, 0.3) is 5.91 Å². The predicted molar refractivity (Wildman–Crippen MR) is 115 cm³/mol. The van der Waals surface area contributed by atoms with E-state index < -0.39 is 0 Å². The van der Waals surface area contributed by atoms with Gasteiger partial charge in [-0.3, -0.25) is 4.79 Å². The highest BCUT2D eigenvalue weighted by molar-refractivity contribution is 7.13. The van der Waals surface area contributed by atoms with Gasteiger partial charge >= 0.3 is 0 Å². The van der Waals surface area contributed by atoms with Gasteiger partial charge in [0, 0.05) is 24.0 Å². The number of fused-ring (bicyclic) bond motifs is 1. The van der Waals surface area contributed by atoms with E-state index >= 15 is 0 Å². The van der Waals surface area contributed by atoms with Crippen molar-refractivity contribution in [1.82, 2.24) is 9.88 Å². The first-order chi connectivity index (χ1) is 14.7. The molecule has 1 saturated heterocycles. The van der Waals surface area contributed by atoms with Gasteiger partial charge in [0.05, 0.1) is 0 Å². The zero-order chi connectivity index (χ0) is 20.5. The van der Waals surface area contributed by atoms with E-state index in [0.29, 0.717) is 37.9 Å². The third-order valence-electron chi connectivity index (χ3n) is 5.66. The van der Waals surface area contributed by atoms with Crippen LogP contribution in [0.15, 0.2) is 47.8 Å². The largest absolute Gasteiger partial charge is 0.508 e. The highest BCUT2D eigenvalue weighted by atomic mass is 32.1. The van der Waals surface area contributed by atoms with E-state index in [1.54, 1.807) is 12.1 Å². The Morgan fingerprint density at radius 3 is 2.53 bits per heavy atom. The number of likely N-dealkylation sites (tertiary alicyclic amines) is 1. The van der Waals surface area contributed by atoms with Gasteiger partial charge in [-0.1, -0.05) is 12.1 Å². The maximum Gasteiger partial charge on any atom is 0.273 e. The van der Waals surface area contributed by atoms with Crippen LogP contribution in [0.2, 0.25) is 0 Å². The van der Waals surface area contributed by atoms with Gasteiger partial charge < -0.3 is 19.5 Å². The summed E-state index contributed by atoms with van der Waals surface area (Å²) in [6.45, 7) is 2.52. The van der Waals surface area contributed by atoms with Gasteiger partial charge in [0.15, 0.2) is 11.5 Å². The SMILES string of the molecule is O=C(c1csc(-c2ccc3c(c2)OCCO3)n1)N1CCC(c2ccc(O)cc2)CC1. The molecule has 3 aromatic rings. The molecule has 0 radical (unpaired) electrons. The molecule has 0 unspecified atom stereocenters. The van der Waals surface area contributed by atoms with E-state index in [1.807, 2.05) is 40.6 Å². The van der Waals surface area contributed by atoms with E-state index in [2.05, 4.69) is 4.98 Å². The molecule has 0 bridgehead atoms. The molecule has 0 atom stereocenters. The second-order valence-corrected chi connectivity index (χ2v) is 8.41. The maximum absolute atomic E-state index is 13.0. The van der Waals surface area contributed by atoms with Crippen molar-refractivity contribution in [1.29, 1.82) is 0 Å². The Balaban J connectivity index is 1.25. The van der Waals surface area contributed by atoms with Crippen molar-refractivity contribution < 1.29 is 19.4 Å². The van der Waals surface area contributed by atoms with Gasteiger partial charge in [-0.15, -0.1) is 11.3 Å². The fraction of sp³-hybridized carbons (Fsp3) is 0.304. The minimum absolute atomic E-state index is 0.0146. The summed E-state index contributed by atoms with van der Waals surface area (Å²) in [5, 5.41) is 12.1. The first kappa shape index (κ1) is 18.9. The normalized spacial score (nSPS) is 16.5. The number of aromatic nitrogens is 1. The Hall–Kier alpha value is -3.06. The predicted octanol–water partition coefficient (Wildman–Crippen LogP) is 4.31. The van der Waals surface area contributed by atoms with Crippen molar-refractivity contribution in [3.63, 3.8) is 0 Å². The fourth-order valence-corrected chi connectivity index (χ4v) is 4.80. The summed E-state index contributed by atoms with van der Waals surface area (Å²) in [5.41, 5.74) is 2.64. The molecule has 2 aliphatic rings. The molecule has 0 saturated carbocycles. The quantitative estimate of drug-likeness (QED) is 0.681. The number of thiazole rings is 1. The Labute approximate surface area is 178 Å². The minimum atomic E-state index is -0.0146. The number of aromatic hydroxyl groups is 1. The second-order valence-electron chi connectivity index (χ2n) is 7.55. The molecule has 3 heterocycles. The lowest BCUT2D eigenvalue weighted by atomic mass is 9.89. The van der Waals surface area contributed by atoms with Gasteiger partial charge in [-0.2, -0.15) is 0 Å². The van der Waals surface area contributed by atoms with Crippen LogP contribution < -0.4 is 9.47 Å². The molecule has 2 aliphatic heterocycles. The van der Waals surface area contributed by atoms with E-state index in [1.165, 1.54) is 16.9 Å². The van der Waals surface area contributed by atoms with Crippen LogP contribution >= 0.6 is 11.3 Å². The highest BCUT2D eigenvalue weighted by Crippen LogP contribution is 2.36. The van der Waals surface area contributed by atoms with Crippen LogP contribution in [0.4, 0.5) is 0 Å². The number of hydrogen-bond donors (Lipinski definition) is 1. The van der Waals surface area contributed by atoms with Crippen LogP contribution in [0.1, 0.15) is 34.8 Å². The van der Waals surface area contributed by atoms with E-state index in [4.69, 9.17) is 9.47 Å². The number of carbonyl (C=O) groups is 1. The Kier molecular flexibility index (Phi) is 5.04. The smallest absolute Gasteiger partial charge is 0.273 e. The average Bonchev–Trinajstić information content (AvgIpc) is 3.29. The molecule has 30 heavy (non-hydrogen) atoms. The summed E-state index contributed by atoms with van der Waals surface area (Å²) in [6.07, 6.45) is 1.82. The Morgan fingerprint density at radius 2 is 1.77 bits per heavy atom. The lowest BCUT2D eigenvalue weighted by Gasteiger charge is -2.31. The van der Waals surface area contributed by atoms with E-state index in [0.717, 1.165) is 34.9 Å². The molecular weight excluding hydrogens is 400 g/mol. The summed E-state index contributed by atoms with van der Waals surface area (Å²) in [4.78, 5) is 19.4. The Bertz CT molecular complexity index is 1060. The van der Waals surface area contributed by atoms with Crippen molar-refractivity contribution in [2.24, 2.45) is 0 Å². The topological polar surface area (TPSA) is 71.9 Å². The lowest BCUT2D eigenvalue weighted by molar-refractivity contribution is 0.0708. The van der Waals surface area contributed by atoms with E-state index in [9.17, 15) is 9.90 Å². The molecule has 0 aliphatic carbocycles. The number of rotatable bonds is 3. The summed E-state index contributed by atoms with van der Waals surface area (Å²) in [7, 11) is 0. The molecule has 154 valence electrons. The average molecular weight is 423 g/mol. The van der Waals surface area contributed by atoms with Crippen LogP contribution in [-0.2, 0) is 0 Å². The molecule has 1 N–H and O–H groups in total. The molecule has 5 rings (SSSR count). The standard InChI is InChI=1S/C23H22N2O4S/c26-18-4-1-15(2-5-18)16-7-9-25(10-8-16)23(27)19-14-30-22(24-19)17-3-6-20-21(13-17)29-12-11-28-20/h1-6,13-14,16,26H,7-12H2. The molecule has 0 spiro atoms. The van der Waals surface area contributed by atoms with Gasteiger partial charge in [-0.25, -0.2) is 4.98 Å². The third kappa shape index (κ3) is 3.73. The summed E-state index contributed by atoms with van der Waals surface area (Å²) in [6, 6.07) is 13.1.